The van der Waals surface area contributed by atoms with Crippen LogP contribution in [0.25, 0.3) is 0 Å². The maximum Gasteiger partial charge on any atom is 0.223 e. The van der Waals surface area contributed by atoms with E-state index in [1.54, 1.807) is 11.8 Å². The molecule has 128 valence electrons. The molecule has 0 unspecified atom stereocenters. The largest absolute Gasteiger partial charge is 0.354 e. The predicted octanol–water partition coefficient (Wildman–Crippen LogP) is 3.81. The molecule has 0 aliphatic carbocycles. The van der Waals surface area contributed by atoms with Crippen LogP contribution in [0.4, 0.5) is 5.69 Å². The maximum absolute atomic E-state index is 12.3. The number of anilines is 1. The van der Waals surface area contributed by atoms with Crippen LogP contribution in [0.5, 0.6) is 0 Å². The SMILES string of the molecule is CCC(=O)NCCN(C(C)=O)c1c(C(C)C)cccc1C(C)C. The molecule has 0 aliphatic heterocycles. The van der Waals surface area contributed by atoms with Crippen LogP contribution < -0.4 is 10.2 Å². The van der Waals surface area contributed by atoms with Gasteiger partial charge in [0.25, 0.3) is 0 Å². The Morgan fingerprint density at radius 3 is 2.00 bits per heavy atom. The van der Waals surface area contributed by atoms with Crippen molar-refractivity contribution < 1.29 is 9.59 Å². The highest BCUT2D eigenvalue weighted by molar-refractivity contribution is 5.93. The van der Waals surface area contributed by atoms with E-state index in [9.17, 15) is 9.59 Å². The van der Waals surface area contributed by atoms with Crippen molar-refractivity contribution in [2.45, 2.75) is 59.8 Å². The van der Waals surface area contributed by atoms with Crippen molar-refractivity contribution in [1.82, 2.24) is 5.32 Å². The summed E-state index contributed by atoms with van der Waals surface area (Å²) in [6, 6.07) is 6.24. The van der Waals surface area contributed by atoms with E-state index in [4.69, 9.17) is 0 Å². The monoisotopic (exact) mass is 318 g/mol. The summed E-state index contributed by atoms with van der Waals surface area (Å²) in [6.07, 6.45) is 0.458. The zero-order valence-electron chi connectivity index (χ0n) is 15.3. The molecule has 0 aromatic heterocycles. The standard InChI is InChI=1S/C19H30N2O2/c1-7-18(23)20-11-12-21(15(6)22)19-16(13(2)3)9-8-10-17(19)14(4)5/h8-10,13-14H,7,11-12H2,1-6H3,(H,20,23). The van der Waals surface area contributed by atoms with Crippen molar-refractivity contribution in [3.8, 4) is 0 Å². The number of amides is 2. The van der Waals surface area contributed by atoms with Gasteiger partial charge in [-0.1, -0.05) is 52.8 Å². The number of nitrogens with zero attached hydrogens (tertiary/aromatic N) is 1. The average Bonchev–Trinajstić information content (AvgIpc) is 2.50. The third-order valence-corrected chi connectivity index (χ3v) is 3.97. The molecule has 1 aromatic rings. The Morgan fingerprint density at radius 2 is 1.61 bits per heavy atom. The van der Waals surface area contributed by atoms with Crippen LogP contribution >= 0.6 is 0 Å². The molecule has 1 aromatic carbocycles. The number of carbonyl (C=O) groups is 2. The first kappa shape index (κ1) is 19.2. The second-order valence-corrected chi connectivity index (χ2v) is 6.47. The third-order valence-electron chi connectivity index (χ3n) is 3.97. The average molecular weight is 318 g/mol. The summed E-state index contributed by atoms with van der Waals surface area (Å²) in [7, 11) is 0. The fourth-order valence-electron chi connectivity index (χ4n) is 2.68. The molecule has 0 saturated heterocycles. The molecule has 4 nitrogen and oxygen atoms in total. The van der Waals surface area contributed by atoms with Gasteiger partial charge in [0, 0.05) is 26.4 Å². The number of benzene rings is 1. The Hall–Kier alpha value is -1.84. The lowest BCUT2D eigenvalue weighted by molar-refractivity contribution is -0.121. The molecule has 0 atom stereocenters. The van der Waals surface area contributed by atoms with Crippen molar-refractivity contribution in [3.05, 3.63) is 29.3 Å². The highest BCUT2D eigenvalue weighted by Gasteiger charge is 2.21. The summed E-state index contributed by atoms with van der Waals surface area (Å²) in [5, 5.41) is 2.85. The number of para-hydroxylation sites is 1. The molecule has 0 radical (unpaired) electrons. The number of hydrogen-bond acceptors (Lipinski definition) is 2. The number of carbonyl (C=O) groups excluding carboxylic acids is 2. The molecule has 0 saturated carbocycles. The van der Waals surface area contributed by atoms with Gasteiger partial charge in [0.05, 0.1) is 5.69 Å². The van der Waals surface area contributed by atoms with E-state index in [0.29, 0.717) is 31.3 Å². The number of rotatable bonds is 7. The highest BCUT2D eigenvalue weighted by Crippen LogP contribution is 2.35. The molecule has 2 amide bonds. The van der Waals surface area contributed by atoms with Gasteiger partial charge in [-0.15, -0.1) is 0 Å². The Kier molecular flexibility index (Phi) is 7.27. The first-order valence-electron chi connectivity index (χ1n) is 8.47. The summed E-state index contributed by atoms with van der Waals surface area (Å²) in [4.78, 5) is 25.5. The number of hydrogen-bond donors (Lipinski definition) is 1. The lowest BCUT2D eigenvalue weighted by Crippen LogP contribution is -2.38. The van der Waals surface area contributed by atoms with Gasteiger partial charge >= 0.3 is 0 Å². The Bertz CT molecular complexity index is 524. The van der Waals surface area contributed by atoms with E-state index >= 15 is 0 Å². The fraction of sp³-hybridized carbons (Fsp3) is 0.579. The van der Waals surface area contributed by atoms with Crippen molar-refractivity contribution in [2.75, 3.05) is 18.0 Å². The first-order valence-corrected chi connectivity index (χ1v) is 8.47. The van der Waals surface area contributed by atoms with E-state index < -0.39 is 0 Å². The zero-order chi connectivity index (χ0) is 17.6. The summed E-state index contributed by atoms with van der Waals surface area (Å²) >= 11 is 0. The van der Waals surface area contributed by atoms with Gasteiger partial charge in [-0.25, -0.2) is 0 Å². The Morgan fingerprint density at radius 1 is 1.09 bits per heavy atom. The van der Waals surface area contributed by atoms with Crippen LogP contribution in [0.2, 0.25) is 0 Å². The van der Waals surface area contributed by atoms with E-state index in [1.165, 1.54) is 11.1 Å². The molecule has 0 bridgehead atoms. The smallest absolute Gasteiger partial charge is 0.223 e. The van der Waals surface area contributed by atoms with Crippen molar-refractivity contribution in [3.63, 3.8) is 0 Å². The van der Waals surface area contributed by atoms with Gasteiger partial charge in [-0.05, 0) is 23.0 Å². The van der Waals surface area contributed by atoms with Crippen molar-refractivity contribution in [1.29, 1.82) is 0 Å². The Labute approximate surface area is 140 Å². The zero-order valence-corrected chi connectivity index (χ0v) is 15.3. The molecule has 23 heavy (non-hydrogen) atoms. The fourth-order valence-corrected chi connectivity index (χ4v) is 2.68. The number of nitrogens with one attached hydrogen (secondary N) is 1. The second-order valence-electron chi connectivity index (χ2n) is 6.47. The van der Waals surface area contributed by atoms with Gasteiger partial charge < -0.3 is 10.2 Å². The van der Waals surface area contributed by atoms with E-state index in [1.807, 2.05) is 6.92 Å². The molecule has 1 rings (SSSR count). The van der Waals surface area contributed by atoms with E-state index in [-0.39, 0.29) is 11.8 Å². The normalized spacial score (nSPS) is 11.0. The van der Waals surface area contributed by atoms with Gasteiger partial charge in [-0.3, -0.25) is 9.59 Å². The molecular weight excluding hydrogens is 288 g/mol. The van der Waals surface area contributed by atoms with Crippen LogP contribution in [0, 0.1) is 0 Å². The van der Waals surface area contributed by atoms with Gasteiger partial charge in [0.1, 0.15) is 0 Å². The summed E-state index contributed by atoms with van der Waals surface area (Å²) in [6.45, 7) is 12.9. The quantitative estimate of drug-likeness (QED) is 0.831. The Balaban J connectivity index is 3.19. The molecule has 0 spiro atoms. The lowest BCUT2D eigenvalue weighted by Gasteiger charge is -2.29. The minimum absolute atomic E-state index is 0.00532. The molecule has 0 fully saturated rings. The highest BCUT2D eigenvalue weighted by atomic mass is 16.2. The van der Waals surface area contributed by atoms with Crippen LogP contribution in [0.1, 0.15) is 70.9 Å². The van der Waals surface area contributed by atoms with E-state index in [0.717, 1.165) is 5.69 Å². The van der Waals surface area contributed by atoms with Gasteiger partial charge in [0.15, 0.2) is 0 Å². The van der Waals surface area contributed by atoms with Crippen LogP contribution in [0.3, 0.4) is 0 Å². The van der Waals surface area contributed by atoms with Crippen molar-refractivity contribution >= 4 is 17.5 Å². The van der Waals surface area contributed by atoms with Crippen LogP contribution in [0.15, 0.2) is 18.2 Å². The second kappa shape index (κ2) is 8.70. The van der Waals surface area contributed by atoms with E-state index in [2.05, 4.69) is 51.2 Å². The summed E-state index contributed by atoms with van der Waals surface area (Å²) in [5.74, 6) is 0.673. The van der Waals surface area contributed by atoms with Crippen LogP contribution in [-0.4, -0.2) is 24.9 Å². The van der Waals surface area contributed by atoms with Gasteiger partial charge in [0.2, 0.25) is 11.8 Å². The minimum atomic E-state index is 0.00532. The lowest BCUT2D eigenvalue weighted by atomic mass is 9.92. The molecule has 0 aliphatic rings. The van der Waals surface area contributed by atoms with Gasteiger partial charge in [-0.2, -0.15) is 0 Å². The molecule has 1 N–H and O–H groups in total. The van der Waals surface area contributed by atoms with Crippen molar-refractivity contribution in [2.24, 2.45) is 0 Å². The minimum Gasteiger partial charge on any atom is -0.354 e. The summed E-state index contributed by atoms with van der Waals surface area (Å²) in [5.41, 5.74) is 3.36. The predicted molar refractivity (Wildman–Crippen MR) is 95.9 cm³/mol. The third kappa shape index (κ3) is 5.08. The topological polar surface area (TPSA) is 49.4 Å². The van der Waals surface area contributed by atoms with Crippen LogP contribution in [-0.2, 0) is 9.59 Å². The molecule has 0 heterocycles. The molecule has 4 heteroatoms. The first-order chi connectivity index (χ1) is 10.8. The molecular formula is C19H30N2O2. The maximum atomic E-state index is 12.3. The summed E-state index contributed by atoms with van der Waals surface area (Å²) < 4.78 is 0.